The van der Waals surface area contributed by atoms with Crippen LogP contribution in [0.1, 0.15) is 20.3 Å². The summed E-state index contributed by atoms with van der Waals surface area (Å²) in [5.41, 5.74) is 1.65. The van der Waals surface area contributed by atoms with Crippen molar-refractivity contribution in [1.29, 1.82) is 0 Å². The molecule has 0 aliphatic heterocycles. The Labute approximate surface area is 143 Å². The summed E-state index contributed by atoms with van der Waals surface area (Å²) in [6.07, 6.45) is 0.418. The lowest BCUT2D eigenvalue weighted by Gasteiger charge is -2.15. The van der Waals surface area contributed by atoms with Crippen LogP contribution in [0.5, 0.6) is 11.5 Å². The van der Waals surface area contributed by atoms with Crippen molar-refractivity contribution in [2.75, 3.05) is 24.3 Å². The monoisotopic (exact) mass is 328 g/mol. The van der Waals surface area contributed by atoms with Crippen molar-refractivity contribution in [2.45, 2.75) is 26.4 Å². The highest BCUT2D eigenvalue weighted by Gasteiger charge is 2.08. The number of nitrogens with one attached hydrogen (secondary N) is 2. The molecule has 24 heavy (non-hydrogen) atoms. The summed E-state index contributed by atoms with van der Waals surface area (Å²) in [5.74, 6) is 1.43. The largest absolute Gasteiger partial charge is 0.497 e. The molecule has 2 aromatic rings. The number of para-hydroxylation sites is 2. The Hall–Kier alpha value is -2.69. The van der Waals surface area contributed by atoms with Gasteiger partial charge in [0.25, 0.3) is 0 Å². The van der Waals surface area contributed by atoms with E-state index >= 15 is 0 Å². The van der Waals surface area contributed by atoms with Crippen LogP contribution in [0.3, 0.4) is 0 Å². The van der Waals surface area contributed by atoms with Gasteiger partial charge >= 0.3 is 0 Å². The van der Waals surface area contributed by atoms with Gasteiger partial charge in [0, 0.05) is 18.7 Å². The maximum absolute atomic E-state index is 12.1. The molecule has 0 radical (unpaired) electrons. The molecule has 5 nitrogen and oxygen atoms in total. The first kappa shape index (κ1) is 17.7. The van der Waals surface area contributed by atoms with Crippen LogP contribution >= 0.6 is 0 Å². The minimum atomic E-state index is -0.0594. The van der Waals surface area contributed by atoms with Gasteiger partial charge in [-0.15, -0.1) is 0 Å². The van der Waals surface area contributed by atoms with E-state index < -0.39 is 0 Å². The van der Waals surface area contributed by atoms with Crippen LogP contribution in [-0.2, 0) is 4.79 Å². The normalized spacial score (nSPS) is 10.3. The number of methoxy groups -OCH3 is 1. The van der Waals surface area contributed by atoms with Crippen molar-refractivity contribution in [1.82, 2.24) is 0 Å². The highest BCUT2D eigenvalue weighted by atomic mass is 16.5. The van der Waals surface area contributed by atoms with Crippen molar-refractivity contribution in [3.63, 3.8) is 0 Å². The van der Waals surface area contributed by atoms with E-state index in [0.717, 1.165) is 11.4 Å². The Morgan fingerprint density at radius 3 is 2.46 bits per heavy atom. The first-order valence-corrected chi connectivity index (χ1v) is 8.02. The summed E-state index contributed by atoms with van der Waals surface area (Å²) in [7, 11) is 1.63. The quantitative estimate of drug-likeness (QED) is 0.771. The molecule has 0 aliphatic rings. The van der Waals surface area contributed by atoms with Crippen LogP contribution in [0, 0.1) is 0 Å². The summed E-state index contributed by atoms with van der Waals surface area (Å²) < 4.78 is 10.8. The molecule has 0 fully saturated rings. The van der Waals surface area contributed by atoms with E-state index in [4.69, 9.17) is 9.47 Å². The third kappa shape index (κ3) is 5.50. The highest BCUT2D eigenvalue weighted by Crippen LogP contribution is 2.25. The third-order valence-electron chi connectivity index (χ3n) is 3.30. The molecule has 0 unspecified atom stereocenters. The fraction of sp³-hybridized carbons (Fsp3) is 0.316. The van der Waals surface area contributed by atoms with Gasteiger partial charge in [0.2, 0.25) is 5.91 Å². The van der Waals surface area contributed by atoms with Gasteiger partial charge in [-0.25, -0.2) is 0 Å². The molecule has 5 heteroatoms. The van der Waals surface area contributed by atoms with Crippen LogP contribution in [0.15, 0.2) is 48.5 Å². The average molecular weight is 328 g/mol. The molecule has 0 aromatic heterocycles. The summed E-state index contributed by atoms with van der Waals surface area (Å²) >= 11 is 0. The summed E-state index contributed by atoms with van der Waals surface area (Å²) in [5, 5.41) is 6.11. The minimum Gasteiger partial charge on any atom is -0.497 e. The Morgan fingerprint density at radius 2 is 1.79 bits per heavy atom. The number of hydrogen-bond acceptors (Lipinski definition) is 4. The molecule has 0 heterocycles. The molecular weight excluding hydrogens is 304 g/mol. The second-order valence-corrected chi connectivity index (χ2v) is 5.62. The van der Waals surface area contributed by atoms with E-state index in [1.54, 1.807) is 7.11 Å². The first-order valence-electron chi connectivity index (χ1n) is 8.02. The number of amides is 1. The number of carbonyl (C=O) groups excluding carboxylic acids is 1. The molecule has 0 atom stereocenters. The minimum absolute atomic E-state index is 0.0554. The molecule has 0 saturated heterocycles. The lowest BCUT2D eigenvalue weighted by atomic mass is 10.2. The summed E-state index contributed by atoms with van der Waals surface area (Å²) in [6.45, 7) is 4.46. The highest BCUT2D eigenvalue weighted by molar-refractivity contribution is 5.92. The molecule has 2 rings (SSSR count). The van der Waals surface area contributed by atoms with Gasteiger partial charge in [-0.05, 0) is 50.2 Å². The zero-order valence-corrected chi connectivity index (χ0v) is 14.3. The second-order valence-electron chi connectivity index (χ2n) is 5.62. The number of hydrogen-bond donors (Lipinski definition) is 2. The Morgan fingerprint density at radius 1 is 1.08 bits per heavy atom. The molecular formula is C19H24N2O3. The molecule has 0 aliphatic carbocycles. The van der Waals surface area contributed by atoms with Crippen LogP contribution in [0.25, 0.3) is 0 Å². The van der Waals surface area contributed by atoms with E-state index in [1.807, 2.05) is 62.4 Å². The third-order valence-corrected chi connectivity index (χ3v) is 3.30. The van der Waals surface area contributed by atoms with Gasteiger partial charge in [0.1, 0.15) is 11.5 Å². The lowest BCUT2D eigenvalue weighted by Crippen LogP contribution is -2.17. The summed E-state index contributed by atoms with van der Waals surface area (Å²) in [6, 6.07) is 15.0. The molecule has 2 aromatic carbocycles. The van der Waals surface area contributed by atoms with E-state index in [9.17, 15) is 4.79 Å². The molecule has 128 valence electrons. The van der Waals surface area contributed by atoms with Crippen molar-refractivity contribution in [3.05, 3.63) is 48.5 Å². The average Bonchev–Trinajstić information content (AvgIpc) is 2.57. The Balaban J connectivity index is 1.83. The summed E-state index contributed by atoms with van der Waals surface area (Å²) in [4.78, 5) is 12.1. The molecule has 1 amide bonds. The standard InChI is InChI=1S/C19H24N2O3/c1-14(2)24-18-7-5-4-6-17(18)21-19(22)12-13-20-15-8-10-16(23-3)11-9-15/h4-11,14,20H,12-13H2,1-3H3,(H,21,22). The topological polar surface area (TPSA) is 59.6 Å². The number of anilines is 2. The fourth-order valence-electron chi connectivity index (χ4n) is 2.17. The SMILES string of the molecule is COc1ccc(NCCC(=O)Nc2ccccc2OC(C)C)cc1. The number of benzene rings is 2. The number of carbonyl (C=O) groups is 1. The second kappa shape index (κ2) is 8.82. The van der Waals surface area contributed by atoms with Crippen LogP contribution in [0.2, 0.25) is 0 Å². The smallest absolute Gasteiger partial charge is 0.226 e. The first-order chi connectivity index (χ1) is 11.6. The van der Waals surface area contributed by atoms with Crippen molar-refractivity contribution < 1.29 is 14.3 Å². The van der Waals surface area contributed by atoms with Crippen LogP contribution < -0.4 is 20.1 Å². The molecule has 0 spiro atoms. The van der Waals surface area contributed by atoms with Crippen molar-refractivity contribution >= 4 is 17.3 Å². The van der Waals surface area contributed by atoms with Gasteiger partial charge in [-0.1, -0.05) is 12.1 Å². The molecule has 0 bridgehead atoms. The predicted octanol–water partition coefficient (Wildman–Crippen LogP) is 3.92. The van der Waals surface area contributed by atoms with Gasteiger partial charge in [-0.3, -0.25) is 4.79 Å². The molecule has 0 saturated carbocycles. The number of rotatable bonds is 8. The van der Waals surface area contributed by atoms with Crippen molar-refractivity contribution in [3.8, 4) is 11.5 Å². The lowest BCUT2D eigenvalue weighted by molar-refractivity contribution is -0.116. The van der Waals surface area contributed by atoms with E-state index in [1.165, 1.54) is 0 Å². The predicted molar refractivity (Wildman–Crippen MR) is 96.9 cm³/mol. The zero-order valence-electron chi connectivity index (χ0n) is 14.3. The molecule has 2 N–H and O–H groups in total. The van der Waals surface area contributed by atoms with Gasteiger partial charge < -0.3 is 20.1 Å². The fourth-order valence-corrected chi connectivity index (χ4v) is 2.17. The maximum atomic E-state index is 12.1. The van der Waals surface area contributed by atoms with Crippen LogP contribution in [-0.4, -0.2) is 25.7 Å². The van der Waals surface area contributed by atoms with E-state index in [0.29, 0.717) is 24.4 Å². The van der Waals surface area contributed by atoms with Crippen LogP contribution in [0.4, 0.5) is 11.4 Å². The van der Waals surface area contributed by atoms with Crippen molar-refractivity contribution in [2.24, 2.45) is 0 Å². The Kier molecular flexibility index (Phi) is 6.49. The number of ether oxygens (including phenoxy) is 2. The zero-order chi connectivity index (χ0) is 17.4. The van der Waals surface area contributed by atoms with Gasteiger partial charge in [0.15, 0.2) is 0 Å². The maximum Gasteiger partial charge on any atom is 0.226 e. The Bertz CT molecular complexity index is 654. The van der Waals surface area contributed by atoms with Gasteiger partial charge in [0.05, 0.1) is 18.9 Å². The van der Waals surface area contributed by atoms with E-state index in [-0.39, 0.29) is 12.0 Å². The van der Waals surface area contributed by atoms with Gasteiger partial charge in [-0.2, -0.15) is 0 Å². The van der Waals surface area contributed by atoms with E-state index in [2.05, 4.69) is 10.6 Å².